The van der Waals surface area contributed by atoms with E-state index in [9.17, 15) is 14.4 Å². The molecule has 0 N–H and O–H groups in total. The van der Waals surface area contributed by atoms with Crippen LogP contribution in [0, 0.1) is 11.8 Å². The van der Waals surface area contributed by atoms with Gasteiger partial charge in [-0.05, 0) is 46.5 Å². The Hall–Kier alpha value is -2.77. The number of benzene rings is 3. The molecule has 2 atom stereocenters. The number of rotatable bonds is 2. The van der Waals surface area contributed by atoms with Crippen molar-refractivity contribution in [2.75, 3.05) is 4.90 Å². The number of hydrogen-bond donors (Lipinski definition) is 0. The summed E-state index contributed by atoms with van der Waals surface area (Å²) in [5.74, 6) is -1.83. The van der Waals surface area contributed by atoms with E-state index >= 15 is 0 Å². The smallest absolute Gasteiger partial charge is 0.308 e. The fraction of sp³-hybridized carbons (Fsp3) is 0.192. The number of esters is 1. The van der Waals surface area contributed by atoms with E-state index in [0.29, 0.717) is 11.4 Å². The van der Waals surface area contributed by atoms with Gasteiger partial charge in [0, 0.05) is 6.92 Å². The van der Waals surface area contributed by atoms with Crippen molar-refractivity contribution in [1.82, 2.24) is 0 Å². The summed E-state index contributed by atoms with van der Waals surface area (Å²) in [6, 6.07) is 22.4. The normalized spacial score (nSPS) is 28.9. The number of amides is 2. The molecule has 164 valence electrons. The number of imide groups is 1. The van der Waals surface area contributed by atoms with Crippen molar-refractivity contribution in [2.24, 2.45) is 11.8 Å². The van der Waals surface area contributed by atoms with Gasteiger partial charge in [0.25, 0.3) is 0 Å². The number of alkyl halides is 2. The lowest BCUT2D eigenvalue weighted by atomic mass is 9.54. The quantitative estimate of drug-likeness (QED) is 0.189. The third-order valence-corrected chi connectivity index (χ3v) is 9.64. The van der Waals surface area contributed by atoms with Gasteiger partial charge in [-0.1, -0.05) is 80.4 Å². The summed E-state index contributed by atoms with van der Waals surface area (Å²) in [4.78, 5) is 40.4. The molecule has 3 aromatic rings. The van der Waals surface area contributed by atoms with Crippen LogP contribution < -0.4 is 9.64 Å². The Bertz CT molecular complexity index is 1250. The number of carbonyl (C=O) groups is 3. The minimum atomic E-state index is -0.820. The van der Waals surface area contributed by atoms with E-state index in [1.54, 1.807) is 24.3 Å². The minimum absolute atomic E-state index is 0.255. The highest BCUT2D eigenvalue weighted by Crippen LogP contribution is 2.70. The molecule has 3 aliphatic carbocycles. The van der Waals surface area contributed by atoms with Crippen molar-refractivity contribution in [3.63, 3.8) is 0 Å². The predicted molar refractivity (Wildman–Crippen MR) is 130 cm³/mol. The van der Waals surface area contributed by atoms with Crippen LogP contribution >= 0.6 is 31.9 Å². The highest BCUT2D eigenvalue weighted by atomic mass is 79.9. The molecule has 7 heteroatoms. The van der Waals surface area contributed by atoms with Crippen molar-refractivity contribution in [3.05, 3.63) is 95.1 Å². The number of ether oxygens (including phenoxy) is 1. The molecule has 1 saturated heterocycles. The first kappa shape index (κ1) is 20.8. The molecule has 2 bridgehead atoms. The van der Waals surface area contributed by atoms with Crippen molar-refractivity contribution < 1.29 is 19.1 Å². The van der Waals surface area contributed by atoms with Crippen LogP contribution in [0.4, 0.5) is 5.69 Å². The molecule has 1 heterocycles. The first-order valence-electron chi connectivity index (χ1n) is 10.5. The van der Waals surface area contributed by atoms with Gasteiger partial charge in [0.05, 0.1) is 26.2 Å². The first-order chi connectivity index (χ1) is 15.8. The fourth-order valence-electron chi connectivity index (χ4n) is 5.75. The van der Waals surface area contributed by atoms with Gasteiger partial charge >= 0.3 is 5.97 Å². The van der Waals surface area contributed by atoms with Crippen LogP contribution in [-0.4, -0.2) is 17.8 Å². The van der Waals surface area contributed by atoms with Gasteiger partial charge in [-0.15, -0.1) is 0 Å². The molecule has 2 amide bonds. The molecule has 2 unspecified atom stereocenters. The number of nitrogens with zero attached hydrogens (tertiary/aromatic N) is 1. The monoisotopic (exact) mass is 565 g/mol. The zero-order valence-corrected chi connectivity index (χ0v) is 20.6. The SMILES string of the molecule is CC(=O)Oc1ccc(N2C(=O)C3C(C2=O)C2(Br)c4ccccc4C3(Br)c3ccccc32)cc1. The molecule has 7 rings (SSSR count). The number of anilines is 1. The maximum absolute atomic E-state index is 13.9. The summed E-state index contributed by atoms with van der Waals surface area (Å²) in [6.07, 6.45) is 0. The van der Waals surface area contributed by atoms with Gasteiger partial charge in [0.15, 0.2) is 0 Å². The van der Waals surface area contributed by atoms with Crippen molar-refractivity contribution in [2.45, 2.75) is 15.6 Å². The topological polar surface area (TPSA) is 63.7 Å². The van der Waals surface area contributed by atoms with Crippen molar-refractivity contribution in [1.29, 1.82) is 0 Å². The van der Waals surface area contributed by atoms with E-state index in [-0.39, 0.29) is 11.8 Å². The Morgan fingerprint density at radius 3 is 1.52 bits per heavy atom. The lowest BCUT2D eigenvalue weighted by Crippen LogP contribution is -2.56. The Labute approximate surface area is 207 Å². The molecule has 0 spiro atoms. The molecule has 0 radical (unpaired) electrons. The van der Waals surface area contributed by atoms with Crippen LogP contribution in [0.1, 0.15) is 29.2 Å². The Morgan fingerprint density at radius 2 is 1.15 bits per heavy atom. The maximum atomic E-state index is 13.9. The summed E-state index contributed by atoms with van der Waals surface area (Å²) in [5, 5.41) is 0. The van der Waals surface area contributed by atoms with Gasteiger partial charge < -0.3 is 4.74 Å². The van der Waals surface area contributed by atoms with Gasteiger partial charge in [-0.2, -0.15) is 0 Å². The summed E-state index contributed by atoms with van der Waals surface area (Å²) in [5.41, 5.74) is 4.44. The number of hydrogen-bond acceptors (Lipinski definition) is 4. The molecular weight excluding hydrogens is 550 g/mol. The molecule has 1 aliphatic heterocycles. The average molecular weight is 567 g/mol. The largest absolute Gasteiger partial charge is 0.427 e. The Kier molecular flexibility index (Phi) is 4.33. The average Bonchev–Trinajstić information content (AvgIpc) is 3.09. The van der Waals surface area contributed by atoms with Crippen LogP contribution in [0.2, 0.25) is 0 Å². The van der Waals surface area contributed by atoms with Gasteiger partial charge in [-0.25, -0.2) is 4.90 Å². The third-order valence-electron chi connectivity index (χ3n) is 6.94. The molecule has 0 aromatic heterocycles. The summed E-state index contributed by atoms with van der Waals surface area (Å²) in [7, 11) is 0. The van der Waals surface area contributed by atoms with Crippen LogP contribution in [0.3, 0.4) is 0 Å². The highest BCUT2D eigenvalue weighted by molar-refractivity contribution is 9.10. The summed E-state index contributed by atoms with van der Waals surface area (Å²) >= 11 is 7.98. The summed E-state index contributed by atoms with van der Waals surface area (Å²) < 4.78 is 3.46. The van der Waals surface area contributed by atoms with Crippen molar-refractivity contribution >= 4 is 55.3 Å². The summed E-state index contributed by atoms with van der Waals surface area (Å²) in [6.45, 7) is 1.32. The van der Waals surface area contributed by atoms with E-state index < -0.39 is 26.5 Å². The van der Waals surface area contributed by atoms with E-state index in [1.165, 1.54) is 11.8 Å². The zero-order valence-electron chi connectivity index (χ0n) is 17.4. The predicted octanol–water partition coefficient (Wildman–Crippen LogP) is 5.02. The minimum Gasteiger partial charge on any atom is -0.427 e. The zero-order chi connectivity index (χ0) is 23.1. The van der Waals surface area contributed by atoms with E-state index in [2.05, 4.69) is 31.9 Å². The van der Waals surface area contributed by atoms with Crippen LogP contribution in [0.15, 0.2) is 72.8 Å². The molecule has 5 nitrogen and oxygen atoms in total. The number of halogens is 2. The van der Waals surface area contributed by atoms with E-state index in [4.69, 9.17) is 4.74 Å². The van der Waals surface area contributed by atoms with Gasteiger partial charge in [0.1, 0.15) is 5.75 Å². The fourth-order valence-corrected chi connectivity index (χ4v) is 8.05. The second-order valence-electron chi connectivity index (χ2n) is 8.57. The molecule has 0 saturated carbocycles. The first-order valence-corrected chi connectivity index (χ1v) is 12.1. The highest BCUT2D eigenvalue weighted by Gasteiger charge is 2.72. The second-order valence-corrected chi connectivity index (χ2v) is 11.1. The second kappa shape index (κ2) is 6.87. The Morgan fingerprint density at radius 1 is 0.758 bits per heavy atom. The van der Waals surface area contributed by atoms with Gasteiger partial charge in [0.2, 0.25) is 11.8 Å². The van der Waals surface area contributed by atoms with Crippen LogP contribution in [0.25, 0.3) is 0 Å². The molecule has 4 aliphatic rings. The van der Waals surface area contributed by atoms with Crippen molar-refractivity contribution in [3.8, 4) is 5.75 Å². The lowest BCUT2D eigenvalue weighted by Gasteiger charge is -2.55. The Balaban J connectivity index is 1.54. The molecular formula is C26H17Br2NO4. The van der Waals surface area contributed by atoms with Crippen LogP contribution in [-0.2, 0) is 23.0 Å². The maximum Gasteiger partial charge on any atom is 0.308 e. The standard InChI is InChI=1S/C26H17Br2NO4/c1-14(30)33-16-12-10-15(11-13-16)29-23(31)21-22(24(29)32)26(28)18-7-3-2-6-17(18)25(21,27)19-8-4-5-9-20(19)26/h2-13,21-22H,1H3. The molecule has 3 aromatic carbocycles. The lowest BCUT2D eigenvalue weighted by molar-refractivity contribution is -0.132. The van der Waals surface area contributed by atoms with E-state index in [0.717, 1.165) is 22.3 Å². The van der Waals surface area contributed by atoms with Gasteiger partial charge in [-0.3, -0.25) is 14.4 Å². The third kappa shape index (κ3) is 2.49. The number of carbonyl (C=O) groups excluding carboxylic acids is 3. The molecule has 33 heavy (non-hydrogen) atoms. The van der Waals surface area contributed by atoms with Crippen LogP contribution in [0.5, 0.6) is 5.75 Å². The molecule has 1 fully saturated rings. The van der Waals surface area contributed by atoms with E-state index in [1.807, 2.05) is 48.5 Å².